The summed E-state index contributed by atoms with van der Waals surface area (Å²) in [4.78, 5) is 4.13. The van der Waals surface area contributed by atoms with E-state index in [1.54, 1.807) is 6.20 Å². The van der Waals surface area contributed by atoms with Crippen LogP contribution in [0.3, 0.4) is 0 Å². The summed E-state index contributed by atoms with van der Waals surface area (Å²) in [6.45, 7) is 5.00. The van der Waals surface area contributed by atoms with E-state index in [1.807, 2.05) is 12.3 Å². The quantitative estimate of drug-likeness (QED) is 0.892. The number of aromatic nitrogens is 1. The summed E-state index contributed by atoms with van der Waals surface area (Å²) in [5.74, 6) is 0. The Kier molecular flexibility index (Phi) is 3.78. The van der Waals surface area contributed by atoms with E-state index in [0.717, 1.165) is 6.42 Å². The molecule has 0 spiro atoms. The van der Waals surface area contributed by atoms with Gasteiger partial charge in [0.25, 0.3) is 0 Å². The maximum Gasteiger partial charge on any atom is 0.0303 e. The standard InChI is InChI=1S/C16H20N2/c1-16(2,12-17)15-7-5-13(6-8-15)10-14-4-3-9-18-11-14/h3-9,11H,10,12,17H2,1-2H3. The minimum Gasteiger partial charge on any atom is -0.330 e. The van der Waals surface area contributed by atoms with Gasteiger partial charge in [-0.3, -0.25) is 4.98 Å². The Balaban J connectivity index is 2.14. The van der Waals surface area contributed by atoms with E-state index in [-0.39, 0.29) is 5.41 Å². The number of hydrogen-bond acceptors (Lipinski definition) is 2. The van der Waals surface area contributed by atoms with Gasteiger partial charge in [-0.2, -0.15) is 0 Å². The van der Waals surface area contributed by atoms with Crippen LogP contribution >= 0.6 is 0 Å². The van der Waals surface area contributed by atoms with Gasteiger partial charge in [0.15, 0.2) is 0 Å². The summed E-state index contributed by atoms with van der Waals surface area (Å²) >= 11 is 0. The molecule has 0 aliphatic rings. The lowest BCUT2D eigenvalue weighted by Gasteiger charge is -2.23. The van der Waals surface area contributed by atoms with E-state index in [1.165, 1.54) is 16.7 Å². The Labute approximate surface area is 109 Å². The molecule has 0 aliphatic heterocycles. The second-order valence-electron chi connectivity index (χ2n) is 5.32. The van der Waals surface area contributed by atoms with Gasteiger partial charge < -0.3 is 5.73 Å². The van der Waals surface area contributed by atoms with Crippen molar-refractivity contribution in [1.82, 2.24) is 4.98 Å². The van der Waals surface area contributed by atoms with Gasteiger partial charge in [0, 0.05) is 24.4 Å². The summed E-state index contributed by atoms with van der Waals surface area (Å²) in [7, 11) is 0. The fourth-order valence-corrected chi connectivity index (χ4v) is 1.93. The van der Waals surface area contributed by atoms with Gasteiger partial charge in [0.1, 0.15) is 0 Å². The molecule has 2 heteroatoms. The number of hydrogen-bond donors (Lipinski definition) is 1. The van der Waals surface area contributed by atoms with Crippen molar-refractivity contribution in [3.05, 3.63) is 65.5 Å². The summed E-state index contributed by atoms with van der Waals surface area (Å²) in [5.41, 5.74) is 9.68. The van der Waals surface area contributed by atoms with E-state index in [4.69, 9.17) is 5.73 Å². The van der Waals surface area contributed by atoms with Crippen LogP contribution in [0.2, 0.25) is 0 Å². The average molecular weight is 240 g/mol. The molecule has 1 heterocycles. The Morgan fingerprint density at radius 2 is 1.78 bits per heavy atom. The summed E-state index contributed by atoms with van der Waals surface area (Å²) in [5, 5.41) is 0. The maximum absolute atomic E-state index is 5.79. The Morgan fingerprint density at radius 1 is 1.06 bits per heavy atom. The van der Waals surface area contributed by atoms with Crippen LogP contribution in [0.1, 0.15) is 30.5 Å². The molecule has 0 amide bonds. The van der Waals surface area contributed by atoms with Gasteiger partial charge in [-0.15, -0.1) is 0 Å². The molecule has 2 N–H and O–H groups in total. The minimum absolute atomic E-state index is 0.0484. The van der Waals surface area contributed by atoms with E-state index >= 15 is 0 Å². The van der Waals surface area contributed by atoms with Gasteiger partial charge in [0.2, 0.25) is 0 Å². The molecule has 0 saturated carbocycles. The molecular formula is C16H20N2. The monoisotopic (exact) mass is 240 g/mol. The van der Waals surface area contributed by atoms with Crippen molar-refractivity contribution in [2.75, 3.05) is 6.54 Å². The zero-order chi connectivity index (χ0) is 13.0. The molecule has 94 valence electrons. The van der Waals surface area contributed by atoms with E-state index in [9.17, 15) is 0 Å². The molecule has 0 aliphatic carbocycles. The molecular weight excluding hydrogens is 220 g/mol. The zero-order valence-electron chi connectivity index (χ0n) is 11.1. The molecule has 2 aromatic rings. The van der Waals surface area contributed by atoms with Crippen LogP contribution in [0.5, 0.6) is 0 Å². The predicted octanol–water partition coefficient (Wildman–Crippen LogP) is 2.91. The molecule has 1 aromatic heterocycles. The molecule has 18 heavy (non-hydrogen) atoms. The highest BCUT2D eigenvalue weighted by Crippen LogP contribution is 2.22. The van der Waals surface area contributed by atoms with Crippen LogP contribution in [0, 0.1) is 0 Å². The third-order valence-electron chi connectivity index (χ3n) is 3.38. The van der Waals surface area contributed by atoms with Gasteiger partial charge in [-0.1, -0.05) is 44.2 Å². The second-order valence-corrected chi connectivity index (χ2v) is 5.32. The zero-order valence-corrected chi connectivity index (χ0v) is 11.1. The van der Waals surface area contributed by atoms with Crippen LogP contribution in [0.15, 0.2) is 48.8 Å². The summed E-state index contributed by atoms with van der Waals surface area (Å²) < 4.78 is 0. The number of nitrogens with two attached hydrogens (primary N) is 1. The number of rotatable bonds is 4. The molecule has 2 nitrogen and oxygen atoms in total. The number of benzene rings is 1. The van der Waals surface area contributed by atoms with Crippen LogP contribution in [-0.2, 0) is 11.8 Å². The van der Waals surface area contributed by atoms with Crippen molar-refractivity contribution in [1.29, 1.82) is 0 Å². The predicted molar refractivity (Wildman–Crippen MR) is 75.6 cm³/mol. The first-order valence-corrected chi connectivity index (χ1v) is 6.30. The molecule has 0 saturated heterocycles. The van der Waals surface area contributed by atoms with Crippen LogP contribution in [-0.4, -0.2) is 11.5 Å². The van der Waals surface area contributed by atoms with Gasteiger partial charge in [-0.05, 0) is 29.2 Å². The third-order valence-corrected chi connectivity index (χ3v) is 3.38. The summed E-state index contributed by atoms with van der Waals surface area (Å²) in [6.07, 6.45) is 4.64. The van der Waals surface area contributed by atoms with Crippen molar-refractivity contribution in [3.63, 3.8) is 0 Å². The lowest BCUT2D eigenvalue weighted by molar-refractivity contribution is 0.539. The van der Waals surface area contributed by atoms with Crippen LogP contribution in [0.25, 0.3) is 0 Å². The Bertz CT molecular complexity index is 486. The molecule has 0 fully saturated rings. The maximum atomic E-state index is 5.79. The highest BCUT2D eigenvalue weighted by Gasteiger charge is 2.17. The Hall–Kier alpha value is -1.67. The topological polar surface area (TPSA) is 38.9 Å². The molecule has 2 rings (SSSR count). The molecule has 0 bridgehead atoms. The first-order chi connectivity index (χ1) is 8.62. The minimum atomic E-state index is 0.0484. The highest BCUT2D eigenvalue weighted by molar-refractivity contribution is 5.31. The normalized spacial score (nSPS) is 11.5. The van der Waals surface area contributed by atoms with Crippen molar-refractivity contribution in [2.45, 2.75) is 25.7 Å². The summed E-state index contributed by atoms with van der Waals surface area (Å²) in [6, 6.07) is 12.8. The number of nitrogens with zero attached hydrogens (tertiary/aromatic N) is 1. The van der Waals surface area contributed by atoms with Gasteiger partial charge >= 0.3 is 0 Å². The Morgan fingerprint density at radius 3 is 2.33 bits per heavy atom. The third kappa shape index (κ3) is 2.96. The first kappa shape index (κ1) is 12.8. The van der Waals surface area contributed by atoms with Crippen LogP contribution in [0.4, 0.5) is 0 Å². The fraction of sp³-hybridized carbons (Fsp3) is 0.312. The number of pyridine rings is 1. The van der Waals surface area contributed by atoms with Crippen molar-refractivity contribution in [2.24, 2.45) is 5.73 Å². The van der Waals surface area contributed by atoms with E-state index in [0.29, 0.717) is 6.54 Å². The first-order valence-electron chi connectivity index (χ1n) is 6.30. The van der Waals surface area contributed by atoms with E-state index < -0.39 is 0 Å². The average Bonchev–Trinajstić information content (AvgIpc) is 2.40. The molecule has 0 radical (unpaired) electrons. The highest BCUT2D eigenvalue weighted by atomic mass is 14.6. The van der Waals surface area contributed by atoms with Gasteiger partial charge in [0.05, 0.1) is 0 Å². The van der Waals surface area contributed by atoms with Crippen molar-refractivity contribution >= 4 is 0 Å². The smallest absolute Gasteiger partial charge is 0.0303 e. The van der Waals surface area contributed by atoms with Crippen LogP contribution < -0.4 is 5.73 Å². The SMILES string of the molecule is CC(C)(CN)c1ccc(Cc2cccnc2)cc1. The van der Waals surface area contributed by atoms with E-state index in [2.05, 4.69) is 49.2 Å². The van der Waals surface area contributed by atoms with Gasteiger partial charge in [-0.25, -0.2) is 0 Å². The fourth-order valence-electron chi connectivity index (χ4n) is 1.93. The molecule has 1 aromatic carbocycles. The lowest BCUT2D eigenvalue weighted by Crippen LogP contribution is -2.27. The molecule has 0 unspecified atom stereocenters. The lowest BCUT2D eigenvalue weighted by atomic mass is 9.84. The largest absolute Gasteiger partial charge is 0.330 e. The van der Waals surface area contributed by atoms with Crippen molar-refractivity contribution < 1.29 is 0 Å². The second kappa shape index (κ2) is 5.32. The van der Waals surface area contributed by atoms with Crippen molar-refractivity contribution in [3.8, 4) is 0 Å². The molecule has 0 atom stereocenters.